The van der Waals surface area contributed by atoms with Gasteiger partial charge >= 0.3 is 0 Å². The minimum absolute atomic E-state index is 0.221. The van der Waals surface area contributed by atoms with Gasteiger partial charge in [-0.1, -0.05) is 0 Å². The summed E-state index contributed by atoms with van der Waals surface area (Å²) in [5.41, 5.74) is -1.66. The SMILES string of the molecule is Cc1cc(F)c(CNC(=O)c2cn3c(c(O)c2=O)C(=O)N(C)[C@@H]2COC[C@@H]23)c(F)c1. The van der Waals surface area contributed by atoms with Crippen LogP contribution in [0, 0.1) is 18.6 Å². The Labute approximate surface area is 169 Å². The van der Waals surface area contributed by atoms with Crippen molar-refractivity contribution in [2.75, 3.05) is 20.3 Å². The highest BCUT2D eigenvalue weighted by Gasteiger charge is 2.43. The lowest BCUT2D eigenvalue weighted by molar-refractivity contribution is 0.0622. The van der Waals surface area contributed by atoms with E-state index in [0.29, 0.717) is 5.56 Å². The van der Waals surface area contributed by atoms with Crippen LogP contribution in [0.3, 0.4) is 0 Å². The van der Waals surface area contributed by atoms with Crippen molar-refractivity contribution >= 4 is 11.8 Å². The second kappa shape index (κ2) is 7.21. The fraction of sp³-hybridized carbons (Fsp3) is 0.350. The van der Waals surface area contributed by atoms with Crippen molar-refractivity contribution < 1.29 is 28.2 Å². The van der Waals surface area contributed by atoms with Crippen LogP contribution in [0.2, 0.25) is 0 Å². The molecule has 1 aromatic heterocycles. The van der Waals surface area contributed by atoms with Crippen LogP contribution in [0.15, 0.2) is 23.1 Å². The lowest BCUT2D eigenvalue weighted by atomic mass is 10.0. The highest BCUT2D eigenvalue weighted by Crippen LogP contribution is 2.33. The Morgan fingerprint density at radius 3 is 2.53 bits per heavy atom. The summed E-state index contributed by atoms with van der Waals surface area (Å²) >= 11 is 0. The maximum absolute atomic E-state index is 14.0. The van der Waals surface area contributed by atoms with E-state index in [0.717, 1.165) is 12.1 Å². The minimum Gasteiger partial charge on any atom is -0.503 e. The molecule has 1 fully saturated rings. The number of amides is 2. The van der Waals surface area contributed by atoms with E-state index in [1.54, 1.807) is 7.05 Å². The second-order valence-corrected chi connectivity index (χ2v) is 7.45. The number of aromatic nitrogens is 1. The van der Waals surface area contributed by atoms with Crippen LogP contribution in [-0.2, 0) is 11.3 Å². The third kappa shape index (κ3) is 3.04. The zero-order chi connectivity index (χ0) is 21.7. The molecule has 2 aliphatic heterocycles. The summed E-state index contributed by atoms with van der Waals surface area (Å²) in [7, 11) is 1.55. The van der Waals surface area contributed by atoms with Gasteiger partial charge in [-0.3, -0.25) is 14.4 Å². The van der Waals surface area contributed by atoms with Crippen molar-refractivity contribution in [1.29, 1.82) is 0 Å². The van der Waals surface area contributed by atoms with Crippen LogP contribution >= 0.6 is 0 Å². The van der Waals surface area contributed by atoms with Gasteiger partial charge in [0, 0.05) is 25.4 Å². The maximum Gasteiger partial charge on any atom is 0.274 e. The summed E-state index contributed by atoms with van der Waals surface area (Å²) in [4.78, 5) is 39.1. The van der Waals surface area contributed by atoms with Gasteiger partial charge in [0.2, 0.25) is 5.43 Å². The van der Waals surface area contributed by atoms with Gasteiger partial charge in [-0.2, -0.15) is 0 Å². The van der Waals surface area contributed by atoms with Gasteiger partial charge in [0.05, 0.1) is 25.3 Å². The molecule has 0 radical (unpaired) electrons. The molecular weight excluding hydrogens is 400 g/mol. The second-order valence-electron chi connectivity index (χ2n) is 7.45. The molecule has 0 spiro atoms. The van der Waals surface area contributed by atoms with E-state index in [4.69, 9.17) is 4.74 Å². The first-order chi connectivity index (χ1) is 14.2. The Bertz CT molecular complexity index is 1110. The van der Waals surface area contributed by atoms with E-state index in [1.165, 1.54) is 22.6 Å². The molecule has 0 saturated carbocycles. The number of rotatable bonds is 3. The number of carbonyl (C=O) groups is 2. The van der Waals surface area contributed by atoms with Gasteiger partial charge in [0.25, 0.3) is 11.8 Å². The van der Waals surface area contributed by atoms with E-state index < -0.39 is 46.7 Å². The molecule has 2 atom stereocenters. The monoisotopic (exact) mass is 419 g/mol. The number of ether oxygens (including phenoxy) is 1. The smallest absolute Gasteiger partial charge is 0.274 e. The number of fused-ring (bicyclic) bond motifs is 3. The fourth-order valence-corrected chi connectivity index (χ4v) is 3.90. The highest BCUT2D eigenvalue weighted by atomic mass is 19.1. The van der Waals surface area contributed by atoms with Crippen molar-refractivity contribution in [3.8, 4) is 5.75 Å². The first kappa shape index (κ1) is 20.0. The minimum atomic E-state index is -1.04. The van der Waals surface area contributed by atoms with E-state index in [1.807, 2.05) is 0 Å². The summed E-state index contributed by atoms with van der Waals surface area (Å²) in [6.07, 6.45) is 1.19. The molecule has 1 saturated heterocycles. The quantitative estimate of drug-likeness (QED) is 0.776. The molecule has 4 rings (SSSR count). The van der Waals surface area contributed by atoms with E-state index in [2.05, 4.69) is 5.32 Å². The number of nitrogens with zero attached hydrogens (tertiary/aromatic N) is 2. The third-order valence-corrected chi connectivity index (χ3v) is 5.57. The number of benzene rings is 1. The van der Waals surface area contributed by atoms with Crippen LogP contribution in [0.25, 0.3) is 0 Å². The highest BCUT2D eigenvalue weighted by molar-refractivity contribution is 5.99. The zero-order valence-corrected chi connectivity index (χ0v) is 16.2. The molecule has 2 aliphatic rings. The summed E-state index contributed by atoms with van der Waals surface area (Å²) in [5, 5.41) is 12.7. The van der Waals surface area contributed by atoms with Crippen LogP contribution in [0.5, 0.6) is 5.75 Å². The maximum atomic E-state index is 14.0. The average molecular weight is 419 g/mol. The molecule has 0 unspecified atom stereocenters. The summed E-state index contributed by atoms with van der Waals surface area (Å²) < 4.78 is 34.8. The van der Waals surface area contributed by atoms with Gasteiger partial charge in [-0.05, 0) is 24.6 Å². The van der Waals surface area contributed by atoms with E-state index >= 15 is 0 Å². The molecule has 8 nitrogen and oxygen atoms in total. The number of carbonyl (C=O) groups excluding carboxylic acids is 2. The van der Waals surface area contributed by atoms with Crippen LogP contribution < -0.4 is 10.7 Å². The predicted octanol–water partition coefficient (Wildman–Crippen LogP) is 1.10. The molecule has 2 N–H and O–H groups in total. The summed E-state index contributed by atoms with van der Waals surface area (Å²) in [5.74, 6) is -3.98. The Kier molecular flexibility index (Phi) is 4.81. The average Bonchev–Trinajstić information content (AvgIpc) is 3.17. The van der Waals surface area contributed by atoms with Crippen LogP contribution in [0.4, 0.5) is 8.78 Å². The number of aryl methyl sites for hydroxylation is 1. The van der Waals surface area contributed by atoms with Crippen molar-refractivity contribution in [2.45, 2.75) is 25.6 Å². The van der Waals surface area contributed by atoms with Gasteiger partial charge in [0.15, 0.2) is 11.4 Å². The Balaban J connectivity index is 1.68. The van der Waals surface area contributed by atoms with Gasteiger partial charge in [0.1, 0.15) is 17.2 Å². The number of pyridine rings is 1. The molecule has 2 amide bonds. The summed E-state index contributed by atoms with van der Waals surface area (Å²) in [6.45, 7) is 1.56. The number of likely N-dealkylation sites (N-methyl/N-ethyl adjacent to an activating group) is 1. The molecule has 30 heavy (non-hydrogen) atoms. The number of nitrogens with one attached hydrogen (secondary N) is 1. The lowest BCUT2D eigenvalue weighted by Crippen LogP contribution is -2.49. The van der Waals surface area contributed by atoms with Crippen molar-refractivity contribution in [3.05, 3.63) is 62.6 Å². The summed E-state index contributed by atoms with van der Waals surface area (Å²) in [6, 6.07) is 1.57. The Hall–Kier alpha value is -3.27. The first-order valence-corrected chi connectivity index (χ1v) is 9.26. The van der Waals surface area contributed by atoms with Crippen molar-refractivity contribution in [3.63, 3.8) is 0 Å². The topological polar surface area (TPSA) is 101 Å². The molecule has 0 aliphatic carbocycles. The number of hydrogen-bond acceptors (Lipinski definition) is 5. The lowest BCUT2D eigenvalue weighted by Gasteiger charge is -2.36. The normalized spacial score (nSPS) is 20.1. The van der Waals surface area contributed by atoms with Gasteiger partial charge in [-0.25, -0.2) is 8.78 Å². The fourth-order valence-electron chi connectivity index (χ4n) is 3.90. The standard InChI is InChI=1S/C20H19F2N3O5/c1-9-3-12(21)10(13(22)4-9)5-23-19(28)11-6-25-15-8-30-7-14(15)24(2)20(29)16(25)18(27)17(11)26/h3-4,6,14-15,27H,5,7-8H2,1-2H3,(H,23,28)/t14-,15+/m1/s1. The number of halogens is 2. The van der Waals surface area contributed by atoms with Gasteiger partial charge in [-0.15, -0.1) is 0 Å². The molecule has 3 heterocycles. The Morgan fingerprint density at radius 1 is 1.23 bits per heavy atom. The van der Waals surface area contributed by atoms with Crippen LogP contribution in [-0.4, -0.2) is 52.7 Å². The number of hydrogen-bond donors (Lipinski definition) is 2. The van der Waals surface area contributed by atoms with Crippen molar-refractivity contribution in [2.24, 2.45) is 0 Å². The van der Waals surface area contributed by atoms with Crippen LogP contribution in [0.1, 0.15) is 38.0 Å². The van der Waals surface area contributed by atoms with E-state index in [-0.39, 0.29) is 36.6 Å². The largest absolute Gasteiger partial charge is 0.503 e. The van der Waals surface area contributed by atoms with E-state index in [9.17, 15) is 28.3 Å². The zero-order valence-electron chi connectivity index (χ0n) is 16.2. The van der Waals surface area contributed by atoms with Gasteiger partial charge < -0.3 is 24.6 Å². The third-order valence-electron chi connectivity index (χ3n) is 5.57. The molecular formula is C20H19F2N3O5. The Morgan fingerprint density at radius 2 is 1.87 bits per heavy atom. The predicted molar refractivity (Wildman–Crippen MR) is 100 cm³/mol. The molecule has 0 bridgehead atoms. The molecule has 158 valence electrons. The molecule has 10 heteroatoms. The molecule has 1 aromatic carbocycles. The number of aromatic hydroxyl groups is 1. The van der Waals surface area contributed by atoms with Crippen molar-refractivity contribution in [1.82, 2.24) is 14.8 Å². The first-order valence-electron chi connectivity index (χ1n) is 9.26. The molecule has 2 aromatic rings.